The Morgan fingerprint density at radius 1 is 1.55 bits per heavy atom. The molecule has 2 nitrogen and oxygen atoms in total. The van der Waals surface area contributed by atoms with Crippen LogP contribution in [-0.4, -0.2) is 5.91 Å². The topological polar surface area (TPSA) is 20.9 Å². The second-order valence-corrected chi connectivity index (χ2v) is 2.26. The van der Waals surface area contributed by atoms with Crippen molar-refractivity contribution in [3.05, 3.63) is 36.7 Å². The summed E-state index contributed by atoms with van der Waals surface area (Å²) in [7, 11) is 0. The van der Waals surface area contributed by atoms with Crippen LogP contribution in [0.15, 0.2) is 31.1 Å². The highest BCUT2D eigenvalue weighted by Gasteiger charge is 2.03. The fourth-order valence-corrected chi connectivity index (χ4v) is 0.784. The van der Waals surface area contributed by atoms with Crippen LogP contribution < -0.4 is 4.57 Å². The summed E-state index contributed by atoms with van der Waals surface area (Å²) in [6, 6.07) is 3.68. The zero-order valence-electron chi connectivity index (χ0n) is 6.45. The molecular weight excluding hydrogens is 138 g/mol. The molecule has 0 aliphatic heterocycles. The maximum atomic E-state index is 10.8. The first-order chi connectivity index (χ1) is 5.24. The monoisotopic (exact) mass is 148 g/mol. The summed E-state index contributed by atoms with van der Waals surface area (Å²) in [4.78, 5) is 10.8. The molecule has 56 valence electrons. The summed E-state index contributed by atoms with van der Waals surface area (Å²) in [6.45, 7) is 5.13. The number of pyridine rings is 1. The van der Waals surface area contributed by atoms with Crippen molar-refractivity contribution < 1.29 is 9.36 Å². The fraction of sp³-hybridized carbons (Fsp3) is 0.111. The molecule has 0 fully saturated rings. The number of carbonyl (C=O) groups excluding carboxylic acids is 1. The average Bonchev–Trinajstić information content (AvgIpc) is 2.05. The molecule has 0 unspecified atom stereocenters. The minimum absolute atomic E-state index is 0.0145. The molecule has 0 bridgehead atoms. The predicted octanol–water partition coefficient (Wildman–Crippen LogP) is 1.28. The third-order valence-electron chi connectivity index (χ3n) is 1.45. The van der Waals surface area contributed by atoms with Gasteiger partial charge >= 0.3 is 5.91 Å². The van der Waals surface area contributed by atoms with E-state index in [9.17, 15) is 4.79 Å². The number of hydrogen-bond donors (Lipinski definition) is 0. The Bertz CT molecular complexity index is 274. The molecule has 0 aliphatic carbocycles. The molecule has 0 N–H and O–H groups in total. The number of aromatic nitrogens is 1. The van der Waals surface area contributed by atoms with Crippen LogP contribution >= 0.6 is 0 Å². The van der Waals surface area contributed by atoms with Gasteiger partial charge in [0.15, 0.2) is 12.4 Å². The van der Waals surface area contributed by atoms with Crippen LogP contribution in [0, 0.1) is 0 Å². The van der Waals surface area contributed by atoms with Crippen molar-refractivity contribution in [1.29, 1.82) is 0 Å². The molecule has 0 saturated heterocycles. The van der Waals surface area contributed by atoms with Gasteiger partial charge in [-0.25, -0.2) is 4.79 Å². The van der Waals surface area contributed by atoms with Gasteiger partial charge in [-0.3, -0.25) is 0 Å². The largest absolute Gasteiger partial charge is 0.389 e. The molecule has 2 heteroatoms. The van der Waals surface area contributed by atoms with Crippen LogP contribution in [0.3, 0.4) is 0 Å². The molecule has 0 spiro atoms. The Balaban J connectivity index is 3.00. The van der Waals surface area contributed by atoms with E-state index in [1.165, 1.54) is 11.5 Å². The lowest BCUT2D eigenvalue weighted by Crippen LogP contribution is -2.39. The van der Waals surface area contributed by atoms with E-state index >= 15 is 0 Å². The Labute approximate surface area is 65.8 Å². The van der Waals surface area contributed by atoms with Gasteiger partial charge in [-0.15, -0.1) is 4.57 Å². The second kappa shape index (κ2) is 3.10. The standard InChI is InChI=1S/C9H10NO/c1-3-9-4-6-10(7-5-9)8(2)11/h3-7H,1H2,2H3/q+1. The summed E-state index contributed by atoms with van der Waals surface area (Å²) in [5.41, 5.74) is 1.02. The lowest BCUT2D eigenvalue weighted by molar-refractivity contribution is -0.572. The molecular formula is C9H10NO+. The molecule has 0 amide bonds. The first-order valence-electron chi connectivity index (χ1n) is 3.39. The summed E-state index contributed by atoms with van der Waals surface area (Å²) in [5, 5.41) is 0. The van der Waals surface area contributed by atoms with Crippen LogP contribution in [0.2, 0.25) is 0 Å². The van der Waals surface area contributed by atoms with Gasteiger partial charge in [0.2, 0.25) is 0 Å². The maximum Gasteiger partial charge on any atom is 0.389 e. The molecule has 0 aromatic carbocycles. The van der Waals surface area contributed by atoms with E-state index in [4.69, 9.17) is 0 Å². The fourth-order valence-electron chi connectivity index (χ4n) is 0.784. The van der Waals surface area contributed by atoms with Crippen LogP contribution in [0.5, 0.6) is 0 Å². The highest BCUT2D eigenvalue weighted by Crippen LogP contribution is 1.94. The van der Waals surface area contributed by atoms with E-state index in [1.54, 1.807) is 18.5 Å². The van der Waals surface area contributed by atoms with Gasteiger partial charge in [-0.2, -0.15) is 0 Å². The van der Waals surface area contributed by atoms with Gasteiger partial charge < -0.3 is 0 Å². The lowest BCUT2D eigenvalue weighted by atomic mass is 10.3. The second-order valence-electron chi connectivity index (χ2n) is 2.26. The minimum atomic E-state index is 0.0145. The van der Waals surface area contributed by atoms with E-state index in [0.29, 0.717) is 0 Å². The molecule has 0 atom stereocenters. The van der Waals surface area contributed by atoms with Crippen molar-refractivity contribution in [3.63, 3.8) is 0 Å². The number of carbonyl (C=O) groups is 1. The van der Waals surface area contributed by atoms with Crippen molar-refractivity contribution >= 4 is 12.0 Å². The first-order valence-corrected chi connectivity index (χ1v) is 3.39. The van der Waals surface area contributed by atoms with Crippen molar-refractivity contribution in [2.75, 3.05) is 0 Å². The van der Waals surface area contributed by atoms with E-state index in [2.05, 4.69) is 6.58 Å². The molecule has 1 aromatic rings. The van der Waals surface area contributed by atoms with Crippen LogP contribution in [-0.2, 0) is 0 Å². The maximum absolute atomic E-state index is 10.8. The highest BCUT2D eigenvalue weighted by atomic mass is 16.1. The predicted molar refractivity (Wildman–Crippen MR) is 43.0 cm³/mol. The van der Waals surface area contributed by atoms with E-state index in [-0.39, 0.29) is 5.91 Å². The van der Waals surface area contributed by atoms with Gasteiger partial charge in [0, 0.05) is 12.1 Å². The van der Waals surface area contributed by atoms with Crippen LogP contribution in [0.25, 0.3) is 6.08 Å². The third-order valence-corrected chi connectivity index (χ3v) is 1.45. The zero-order valence-corrected chi connectivity index (χ0v) is 6.45. The molecule has 0 radical (unpaired) electrons. The van der Waals surface area contributed by atoms with E-state index < -0.39 is 0 Å². The molecule has 0 saturated carbocycles. The van der Waals surface area contributed by atoms with Crippen molar-refractivity contribution in [2.24, 2.45) is 0 Å². The lowest BCUT2D eigenvalue weighted by Gasteiger charge is -1.89. The molecule has 1 rings (SSSR count). The quantitative estimate of drug-likeness (QED) is 0.549. The average molecular weight is 148 g/mol. The third kappa shape index (κ3) is 1.74. The Hall–Kier alpha value is -1.44. The SMILES string of the molecule is C=Cc1cc[n+](C(C)=O)cc1. The number of hydrogen-bond acceptors (Lipinski definition) is 1. The smallest absolute Gasteiger partial charge is 0.220 e. The molecule has 11 heavy (non-hydrogen) atoms. The van der Waals surface area contributed by atoms with Gasteiger partial charge in [-0.05, 0) is 5.56 Å². The zero-order chi connectivity index (χ0) is 8.27. The molecule has 1 aromatic heterocycles. The van der Waals surface area contributed by atoms with Gasteiger partial charge in [0.05, 0.1) is 6.92 Å². The highest BCUT2D eigenvalue weighted by molar-refractivity contribution is 5.63. The number of nitrogens with zero attached hydrogens (tertiary/aromatic N) is 1. The van der Waals surface area contributed by atoms with Crippen molar-refractivity contribution in [2.45, 2.75) is 6.92 Å². The normalized spacial score (nSPS) is 9.18. The minimum Gasteiger partial charge on any atom is -0.220 e. The van der Waals surface area contributed by atoms with Crippen molar-refractivity contribution in [3.8, 4) is 0 Å². The first kappa shape index (κ1) is 7.66. The number of rotatable bonds is 1. The Morgan fingerprint density at radius 2 is 2.09 bits per heavy atom. The van der Waals surface area contributed by atoms with Crippen molar-refractivity contribution in [1.82, 2.24) is 0 Å². The Morgan fingerprint density at radius 3 is 2.45 bits per heavy atom. The molecule has 0 aliphatic rings. The summed E-state index contributed by atoms with van der Waals surface area (Å²) < 4.78 is 1.52. The van der Waals surface area contributed by atoms with Crippen LogP contribution in [0.4, 0.5) is 0 Å². The van der Waals surface area contributed by atoms with E-state index in [0.717, 1.165) is 5.56 Å². The summed E-state index contributed by atoms with van der Waals surface area (Å²) >= 11 is 0. The van der Waals surface area contributed by atoms with Crippen LogP contribution in [0.1, 0.15) is 17.3 Å². The molecule has 1 heterocycles. The van der Waals surface area contributed by atoms with Gasteiger partial charge in [0.1, 0.15) is 0 Å². The summed E-state index contributed by atoms with van der Waals surface area (Å²) in [6.07, 6.45) is 5.18. The summed E-state index contributed by atoms with van der Waals surface area (Å²) in [5.74, 6) is 0.0145. The van der Waals surface area contributed by atoms with Gasteiger partial charge in [0.25, 0.3) is 0 Å². The van der Waals surface area contributed by atoms with E-state index in [1.807, 2.05) is 12.1 Å². The Kier molecular flexibility index (Phi) is 2.16. The van der Waals surface area contributed by atoms with Gasteiger partial charge in [-0.1, -0.05) is 12.7 Å².